The lowest BCUT2D eigenvalue weighted by atomic mass is 10.1. The summed E-state index contributed by atoms with van der Waals surface area (Å²) in [5.74, 6) is 0.711. The van der Waals surface area contributed by atoms with Crippen molar-refractivity contribution >= 4 is 44.0 Å². The highest BCUT2D eigenvalue weighted by Gasteiger charge is 2.32. The van der Waals surface area contributed by atoms with E-state index >= 15 is 0 Å². The summed E-state index contributed by atoms with van der Waals surface area (Å²) in [5, 5.41) is 1.71. The maximum absolute atomic E-state index is 13.2. The summed E-state index contributed by atoms with van der Waals surface area (Å²) < 4.78 is 27.6. The molecule has 1 saturated heterocycles. The maximum Gasteiger partial charge on any atom is 0.271 e. The molecular formula is C22H20N4O3S2. The predicted octanol–water partition coefficient (Wildman–Crippen LogP) is 4.40. The molecule has 1 unspecified atom stereocenters. The number of imidazole rings is 1. The molecular weight excluding hydrogens is 432 g/mol. The summed E-state index contributed by atoms with van der Waals surface area (Å²) in [6.07, 6.45) is 1.76. The van der Waals surface area contributed by atoms with Gasteiger partial charge in [-0.05, 0) is 60.7 Å². The van der Waals surface area contributed by atoms with E-state index in [9.17, 15) is 13.2 Å². The number of carbonyl (C=O) groups is 1. The zero-order valence-corrected chi connectivity index (χ0v) is 18.1. The molecule has 1 amide bonds. The molecule has 1 fully saturated rings. The molecule has 2 N–H and O–H groups in total. The lowest BCUT2D eigenvalue weighted by Gasteiger charge is -2.23. The number of amides is 1. The minimum Gasteiger partial charge on any atom is -0.340 e. The molecule has 0 saturated carbocycles. The number of thiophene rings is 1. The SMILES string of the molecule is O=C(c1ccc(NS(=O)(=O)c2cccs2)cc1)N1CCCC1c1nc2ccccc2[nH]1. The van der Waals surface area contributed by atoms with Crippen molar-refractivity contribution in [3.05, 3.63) is 77.4 Å². The van der Waals surface area contributed by atoms with E-state index in [-0.39, 0.29) is 16.2 Å². The van der Waals surface area contributed by atoms with Gasteiger partial charge in [0.15, 0.2) is 0 Å². The van der Waals surface area contributed by atoms with E-state index in [2.05, 4.69) is 14.7 Å². The van der Waals surface area contributed by atoms with Crippen LogP contribution >= 0.6 is 11.3 Å². The van der Waals surface area contributed by atoms with Crippen molar-refractivity contribution in [3.63, 3.8) is 0 Å². The van der Waals surface area contributed by atoms with Gasteiger partial charge in [0.25, 0.3) is 15.9 Å². The Balaban J connectivity index is 1.34. The van der Waals surface area contributed by atoms with Crippen molar-refractivity contribution in [2.24, 2.45) is 0 Å². The molecule has 2 aromatic heterocycles. The lowest BCUT2D eigenvalue weighted by Crippen LogP contribution is -2.31. The van der Waals surface area contributed by atoms with Crippen LogP contribution in [0.5, 0.6) is 0 Å². The van der Waals surface area contributed by atoms with Crippen LogP contribution in [0.15, 0.2) is 70.3 Å². The molecule has 1 aliphatic rings. The second-order valence-electron chi connectivity index (χ2n) is 7.41. The van der Waals surface area contributed by atoms with Gasteiger partial charge >= 0.3 is 0 Å². The quantitative estimate of drug-likeness (QED) is 0.469. The van der Waals surface area contributed by atoms with Crippen molar-refractivity contribution in [2.75, 3.05) is 11.3 Å². The van der Waals surface area contributed by atoms with Crippen LogP contribution in [-0.2, 0) is 10.0 Å². The van der Waals surface area contributed by atoms with E-state index in [1.54, 1.807) is 41.8 Å². The first-order chi connectivity index (χ1) is 15.0. The van der Waals surface area contributed by atoms with Gasteiger partial charge in [0.05, 0.1) is 17.1 Å². The largest absolute Gasteiger partial charge is 0.340 e. The Bertz CT molecular complexity index is 1300. The summed E-state index contributed by atoms with van der Waals surface area (Å²) in [5.41, 5.74) is 2.78. The fraction of sp³-hybridized carbons (Fsp3) is 0.182. The summed E-state index contributed by atoms with van der Waals surface area (Å²) in [6, 6.07) is 17.5. The standard InChI is InChI=1S/C22H20N4O3S2/c27-22(15-9-11-16(12-10-15)25-31(28,29)20-8-4-14-30-20)26-13-3-7-19(26)21-23-17-5-1-2-6-18(17)24-21/h1-2,4-6,8-12,14,19,25H,3,7,13H2,(H,23,24). The minimum atomic E-state index is -3.62. The summed E-state index contributed by atoms with van der Waals surface area (Å²) in [4.78, 5) is 23.0. The van der Waals surface area contributed by atoms with Gasteiger partial charge in [0.1, 0.15) is 10.0 Å². The third-order valence-electron chi connectivity index (χ3n) is 5.38. The Morgan fingerprint density at radius 3 is 2.65 bits per heavy atom. The van der Waals surface area contributed by atoms with E-state index in [1.165, 1.54) is 0 Å². The monoisotopic (exact) mass is 452 g/mol. The first-order valence-corrected chi connectivity index (χ1v) is 12.3. The van der Waals surface area contributed by atoms with Gasteiger partial charge in [-0.15, -0.1) is 11.3 Å². The number of nitrogens with one attached hydrogen (secondary N) is 2. The molecule has 0 aliphatic carbocycles. The molecule has 0 bridgehead atoms. The number of likely N-dealkylation sites (tertiary alicyclic amines) is 1. The van der Waals surface area contributed by atoms with E-state index < -0.39 is 10.0 Å². The van der Waals surface area contributed by atoms with Crippen molar-refractivity contribution in [2.45, 2.75) is 23.1 Å². The van der Waals surface area contributed by atoms with Crippen LogP contribution in [0.25, 0.3) is 11.0 Å². The highest BCUT2D eigenvalue weighted by molar-refractivity contribution is 7.94. The Hall–Kier alpha value is -3.17. The van der Waals surface area contributed by atoms with Crippen LogP contribution in [0.3, 0.4) is 0 Å². The Kier molecular flexibility index (Phi) is 4.99. The topological polar surface area (TPSA) is 95.2 Å². The number of sulfonamides is 1. The number of rotatable bonds is 5. The zero-order chi connectivity index (χ0) is 21.4. The van der Waals surface area contributed by atoms with E-state index in [0.717, 1.165) is 41.0 Å². The van der Waals surface area contributed by atoms with Gasteiger partial charge in [0, 0.05) is 17.8 Å². The number of H-pyrrole nitrogens is 1. The van der Waals surface area contributed by atoms with Crippen LogP contribution in [0.4, 0.5) is 5.69 Å². The first kappa shape index (κ1) is 19.8. The number of aromatic amines is 1. The summed E-state index contributed by atoms with van der Waals surface area (Å²) >= 11 is 1.15. The lowest BCUT2D eigenvalue weighted by molar-refractivity contribution is 0.0730. The highest BCUT2D eigenvalue weighted by atomic mass is 32.2. The molecule has 7 nitrogen and oxygen atoms in total. The molecule has 5 rings (SSSR count). The van der Waals surface area contributed by atoms with Crippen LogP contribution < -0.4 is 4.72 Å². The van der Waals surface area contributed by atoms with E-state index in [0.29, 0.717) is 17.8 Å². The second kappa shape index (κ2) is 7.82. The minimum absolute atomic E-state index is 0.0874. The molecule has 2 aromatic carbocycles. The number of benzene rings is 2. The van der Waals surface area contributed by atoms with Crippen molar-refractivity contribution in [1.29, 1.82) is 0 Å². The summed E-state index contributed by atoms with van der Waals surface area (Å²) in [6.45, 7) is 0.660. The molecule has 4 aromatic rings. The van der Waals surface area contributed by atoms with E-state index in [4.69, 9.17) is 0 Å². The zero-order valence-electron chi connectivity index (χ0n) is 16.5. The molecule has 1 atom stereocenters. The van der Waals surface area contributed by atoms with Gasteiger partial charge in [-0.2, -0.15) is 0 Å². The third-order valence-corrected chi connectivity index (χ3v) is 8.16. The summed E-state index contributed by atoms with van der Waals surface area (Å²) in [7, 11) is -3.62. The van der Waals surface area contributed by atoms with Gasteiger partial charge in [-0.25, -0.2) is 13.4 Å². The number of nitrogens with zero attached hydrogens (tertiary/aromatic N) is 2. The number of fused-ring (bicyclic) bond motifs is 1. The average molecular weight is 453 g/mol. The molecule has 158 valence electrons. The molecule has 31 heavy (non-hydrogen) atoms. The smallest absolute Gasteiger partial charge is 0.271 e. The van der Waals surface area contributed by atoms with Crippen LogP contribution in [0.1, 0.15) is 35.1 Å². The van der Waals surface area contributed by atoms with E-state index in [1.807, 2.05) is 29.2 Å². The third kappa shape index (κ3) is 3.82. The second-order valence-corrected chi connectivity index (χ2v) is 10.3. The maximum atomic E-state index is 13.2. The van der Waals surface area contributed by atoms with Gasteiger partial charge in [-0.1, -0.05) is 18.2 Å². The number of hydrogen-bond donors (Lipinski definition) is 2. The molecule has 9 heteroatoms. The Labute approximate surface area is 183 Å². The van der Waals surface area contributed by atoms with Gasteiger partial charge in [-0.3, -0.25) is 9.52 Å². The molecule has 0 spiro atoms. The average Bonchev–Trinajstić information content (AvgIpc) is 3.53. The van der Waals surface area contributed by atoms with Crippen molar-refractivity contribution in [1.82, 2.24) is 14.9 Å². The number of carbonyl (C=O) groups excluding carboxylic acids is 1. The first-order valence-electron chi connectivity index (χ1n) is 9.93. The molecule has 1 aliphatic heterocycles. The highest BCUT2D eigenvalue weighted by Crippen LogP contribution is 2.33. The molecule has 3 heterocycles. The van der Waals surface area contributed by atoms with Crippen LogP contribution in [-0.4, -0.2) is 35.7 Å². The molecule has 0 radical (unpaired) electrons. The van der Waals surface area contributed by atoms with Crippen molar-refractivity contribution < 1.29 is 13.2 Å². The number of hydrogen-bond acceptors (Lipinski definition) is 5. The van der Waals surface area contributed by atoms with Crippen LogP contribution in [0.2, 0.25) is 0 Å². The number of anilines is 1. The van der Waals surface area contributed by atoms with Crippen LogP contribution in [0, 0.1) is 0 Å². The normalized spacial score (nSPS) is 16.6. The van der Waals surface area contributed by atoms with Gasteiger partial charge < -0.3 is 9.88 Å². The Morgan fingerprint density at radius 2 is 1.90 bits per heavy atom. The number of para-hydroxylation sites is 2. The van der Waals surface area contributed by atoms with Gasteiger partial charge in [0.2, 0.25) is 0 Å². The van der Waals surface area contributed by atoms with Crippen molar-refractivity contribution in [3.8, 4) is 0 Å². The predicted molar refractivity (Wildman–Crippen MR) is 121 cm³/mol. The number of aromatic nitrogens is 2. The fourth-order valence-electron chi connectivity index (χ4n) is 3.89. The fourth-order valence-corrected chi connectivity index (χ4v) is 5.94. The Morgan fingerprint density at radius 1 is 1.10 bits per heavy atom.